The molecule has 0 saturated heterocycles. The van der Waals surface area contributed by atoms with Crippen molar-refractivity contribution in [2.75, 3.05) is 0 Å². The Morgan fingerprint density at radius 1 is 1.25 bits per heavy atom. The lowest BCUT2D eigenvalue weighted by atomic mass is 9.96. The molecule has 0 aromatic heterocycles. The molecule has 0 aromatic carbocycles. The average Bonchev–Trinajstić information content (AvgIpc) is 2.17. The van der Waals surface area contributed by atoms with E-state index < -0.39 is 0 Å². The number of allylic oxidation sites excluding steroid dienone is 1. The van der Waals surface area contributed by atoms with E-state index in [1.165, 1.54) is 19.3 Å². The maximum absolute atomic E-state index is 11.4. The Morgan fingerprint density at radius 2 is 1.88 bits per heavy atom. The molecule has 0 unspecified atom stereocenters. The Labute approximate surface area is 103 Å². The SMILES string of the molecule is CC(C)=CC(=O)NC(=S)NC1CCCCC1. The van der Waals surface area contributed by atoms with E-state index in [1.807, 2.05) is 13.8 Å². The summed E-state index contributed by atoms with van der Waals surface area (Å²) in [5.74, 6) is -0.145. The van der Waals surface area contributed by atoms with Gasteiger partial charge >= 0.3 is 0 Å². The summed E-state index contributed by atoms with van der Waals surface area (Å²) in [7, 11) is 0. The molecule has 4 heteroatoms. The average molecular weight is 240 g/mol. The lowest BCUT2D eigenvalue weighted by Crippen LogP contribution is -2.44. The van der Waals surface area contributed by atoms with Gasteiger partial charge in [-0.3, -0.25) is 10.1 Å². The smallest absolute Gasteiger partial charge is 0.250 e. The minimum Gasteiger partial charge on any atom is -0.360 e. The van der Waals surface area contributed by atoms with Crippen molar-refractivity contribution in [3.8, 4) is 0 Å². The van der Waals surface area contributed by atoms with Crippen molar-refractivity contribution in [1.29, 1.82) is 0 Å². The first-order chi connectivity index (χ1) is 7.58. The molecule has 1 aliphatic rings. The van der Waals surface area contributed by atoms with E-state index in [4.69, 9.17) is 12.2 Å². The number of hydrogen-bond donors (Lipinski definition) is 2. The van der Waals surface area contributed by atoms with Gasteiger partial charge in [-0.1, -0.05) is 24.8 Å². The van der Waals surface area contributed by atoms with E-state index in [2.05, 4.69) is 10.6 Å². The highest BCUT2D eigenvalue weighted by molar-refractivity contribution is 7.80. The highest BCUT2D eigenvalue weighted by Crippen LogP contribution is 2.17. The van der Waals surface area contributed by atoms with Crippen molar-refractivity contribution < 1.29 is 4.79 Å². The summed E-state index contributed by atoms with van der Waals surface area (Å²) in [6.45, 7) is 3.77. The van der Waals surface area contributed by atoms with Gasteiger partial charge in [-0.05, 0) is 38.9 Å². The third kappa shape index (κ3) is 5.26. The second-order valence-electron chi connectivity index (χ2n) is 4.52. The van der Waals surface area contributed by atoms with Gasteiger partial charge < -0.3 is 5.32 Å². The van der Waals surface area contributed by atoms with Crippen LogP contribution in [0.4, 0.5) is 0 Å². The number of amides is 1. The summed E-state index contributed by atoms with van der Waals surface area (Å²) in [5, 5.41) is 6.31. The second kappa shape index (κ2) is 6.63. The van der Waals surface area contributed by atoms with Crippen molar-refractivity contribution in [1.82, 2.24) is 10.6 Å². The largest absolute Gasteiger partial charge is 0.360 e. The van der Waals surface area contributed by atoms with Crippen molar-refractivity contribution in [2.45, 2.75) is 52.0 Å². The van der Waals surface area contributed by atoms with E-state index in [1.54, 1.807) is 6.08 Å². The zero-order valence-electron chi connectivity index (χ0n) is 10.0. The standard InChI is InChI=1S/C12H20N2OS/c1-9(2)8-11(15)14-12(16)13-10-6-4-3-5-7-10/h8,10H,3-7H2,1-2H3,(H2,13,14,15,16). The molecule has 0 bridgehead atoms. The van der Waals surface area contributed by atoms with Gasteiger partial charge in [0.05, 0.1) is 0 Å². The summed E-state index contributed by atoms with van der Waals surface area (Å²) in [5.41, 5.74) is 0.970. The number of nitrogens with one attached hydrogen (secondary N) is 2. The Bertz CT molecular complexity index is 289. The van der Waals surface area contributed by atoms with Crippen LogP contribution in [0.1, 0.15) is 46.0 Å². The van der Waals surface area contributed by atoms with Gasteiger partial charge in [0.2, 0.25) is 5.91 Å². The van der Waals surface area contributed by atoms with Crippen molar-refractivity contribution >= 4 is 23.2 Å². The van der Waals surface area contributed by atoms with Gasteiger partial charge in [-0.15, -0.1) is 0 Å². The predicted molar refractivity (Wildman–Crippen MR) is 70.2 cm³/mol. The van der Waals surface area contributed by atoms with Gasteiger partial charge in [0.25, 0.3) is 0 Å². The molecule has 0 atom stereocenters. The molecule has 1 fully saturated rings. The summed E-state index contributed by atoms with van der Waals surface area (Å²) in [6.07, 6.45) is 7.67. The Balaban J connectivity index is 2.29. The van der Waals surface area contributed by atoms with Crippen LogP contribution in [0.2, 0.25) is 0 Å². The summed E-state index contributed by atoms with van der Waals surface area (Å²) >= 11 is 5.09. The number of thiocarbonyl (C=S) groups is 1. The Hall–Kier alpha value is -0.900. The molecule has 1 rings (SSSR count). The third-order valence-corrected chi connectivity index (χ3v) is 2.82. The fourth-order valence-corrected chi connectivity index (χ4v) is 2.15. The highest BCUT2D eigenvalue weighted by atomic mass is 32.1. The molecule has 0 aromatic rings. The molecule has 0 radical (unpaired) electrons. The van der Waals surface area contributed by atoms with Gasteiger partial charge in [0, 0.05) is 12.1 Å². The Morgan fingerprint density at radius 3 is 2.44 bits per heavy atom. The maximum Gasteiger partial charge on any atom is 0.250 e. The van der Waals surface area contributed by atoms with Gasteiger partial charge in [-0.25, -0.2) is 0 Å². The van der Waals surface area contributed by atoms with Crippen LogP contribution in [-0.2, 0) is 4.79 Å². The fourth-order valence-electron chi connectivity index (χ4n) is 1.88. The fraction of sp³-hybridized carbons (Fsp3) is 0.667. The van der Waals surface area contributed by atoms with Crippen molar-refractivity contribution in [3.63, 3.8) is 0 Å². The zero-order chi connectivity index (χ0) is 12.0. The number of carbonyl (C=O) groups excluding carboxylic acids is 1. The molecule has 1 aliphatic carbocycles. The minimum atomic E-state index is -0.145. The topological polar surface area (TPSA) is 41.1 Å². The van der Waals surface area contributed by atoms with E-state index >= 15 is 0 Å². The quantitative estimate of drug-likeness (QED) is 0.575. The Kier molecular flexibility index (Phi) is 5.46. The summed E-state index contributed by atoms with van der Waals surface area (Å²) in [4.78, 5) is 11.4. The zero-order valence-corrected chi connectivity index (χ0v) is 10.8. The van der Waals surface area contributed by atoms with Gasteiger partial charge in [-0.2, -0.15) is 0 Å². The molecule has 1 amide bonds. The van der Waals surface area contributed by atoms with Crippen molar-refractivity contribution in [3.05, 3.63) is 11.6 Å². The van der Waals surface area contributed by atoms with Crippen LogP contribution in [0, 0.1) is 0 Å². The lowest BCUT2D eigenvalue weighted by molar-refractivity contribution is -0.115. The van der Waals surface area contributed by atoms with E-state index in [-0.39, 0.29) is 5.91 Å². The van der Waals surface area contributed by atoms with Crippen LogP contribution < -0.4 is 10.6 Å². The summed E-state index contributed by atoms with van der Waals surface area (Å²) in [6, 6.07) is 0.438. The molecule has 0 spiro atoms. The van der Waals surface area contributed by atoms with Crippen LogP contribution in [-0.4, -0.2) is 17.1 Å². The molecule has 0 heterocycles. The van der Waals surface area contributed by atoms with E-state index in [0.717, 1.165) is 18.4 Å². The minimum absolute atomic E-state index is 0.145. The van der Waals surface area contributed by atoms with Crippen LogP contribution in [0.25, 0.3) is 0 Å². The monoisotopic (exact) mass is 240 g/mol. The number of carbonyl (C=O) groups is 1. The van der Waals surface area contributed by atoms with Crippen LogP contribution >= 0.6 is 12.2 Å². The number of rotatable bonds is 2. The van der Waals surface area contributed by atoms with Crippen LogP contribution in [0.15, 0.2) is 11.6 Å². The van der Waals surface area contributed by atoms with E-state index in [9.17, 15) is 4.79 Å². The number of hydrogen-bond acceptors (Lipinski definition) is 2. The molecule has 0 aliphatic heterocycles. The van der Waals surface area contributed by atoms with E-state index in [0.29, 0.717) is 11.2 Å². The van der Waals surface area contributed by atoms with Gasteiger partial charge in [0.1, 0.15) is 0 Å². The molecular weight excluding hydrogens is 220 g/mol. The molecular formula is C12H20N2OS. The first-order valence-electron chi connectivity index (χ1n) is 5.84. The molecule has 16 heavy (non-hydrogen) atoms. The normalized spacial score (nSPS) is 16.4. The molecule has 1 saturated carbocycles. The van der Waals surface area contributed by atoms with Crippen LogP contribution in [0.3, 0.4) is 0 Å². The molecule has 90 valence electrons. The van der Waals surface area contributed by atoms with Gasteiger partial charge in [0.15, 0.2) is 5.11 Å². The maximum atomic E-state index is 11.4. The first-order valence-corrected chi connectivity index (χ1v) is 6.25. The highest BCUT2D eigenvalue weighted by Gasteiger charge is 2.14. The lowest BCUT2D eigenvalue weighted by Gasteiger charge is -2.23. The first kappa shape index (κ1) is 13.2. The summed E-state index contributed by atoms with van der Waals surface area (Å²) < 4.78 is 0. The molecule has 2 N–H and O–H groups in total. The molecule has 3 nitrogen and oxygen atoms in total. The van der Waals surface area contributed by atoms with Crippen LogP contribution in [0.5, 0.6) is 0 Å². The predicted octanol–water partition coefficient (Wildman–Crippen LogP) is 2.28. The third-order valence-electron chi connectivity index (χ3n) is 2.60. The second-order valence-corrected chi connectivity index (χ2v) is 4.93. The van der Waals surface area contributed by atoms with Crippen molar-refractivity contribution in [2.24, 2.45) is 0 Å².